The first kappa shape index (κ1) is 16.1. The van der Waals surface area contributed by atoms with Gasteiger partial charge in [0.2, 0.25) is 0 Å². The average Bonchev–Trinajstić information content (AvgIpc) is 2.97. The lowest BCUT2D eigenvalue weighted by Gasteiger charge is -2.08. The lowest BCUT2D eigenvalue weighted by Crippen LogP contribution is -2.00. The normalized spacial score (nSPS) is 10.8. The van der Waals surface area contributed by atoms with E-state index in [1.54, 1.807) is 7.11 Å². The van der Waals surface area contributed by atoms with Crippen LogP contribution in [0.5, 0.6) is 11.5 Å². The number of aromatic hydroxyl groups is 1. The van der Waals surface area contributed by atoms with Gasteiger partial charge in [0.25, 0.3) is 0 Å². The number of nitrogens with zero attached hydrogens (tertiary/aromatic N) is 2. The molecule has 1 aromatic heterocycles. The molecule has 3 rings (SSSR count). The van der Waals surface area contributed by atoms with Crippen molar-refractivity contribution >= 4 is 0 Å². The highest BCUT2D eigenvalue weighted by molar-refractivity contribution is 5.70. The Morgan fingerprint density at radius 1 is 1.04 bits per heavy atom. The van der Waals surface area contributed by atoms with E-state index in [2.05, 4.69) is 12.0 Å². The van der Waals surface area contributed by atoms with Gasteiger partial charge in [-0.2, -0.15) is 5.10 Å². The standard InChI is InChI=1S/C20H22N2O2/c1-3-4-10-18-20(23)19(15-8-6-5-7-9-15)22(21-18)16-11-13-17(24-2)14-12-16/h5-9,11-14,23H,3-4,10H2,1-2H3. The zero-order valence-electron chi connectivity index (χ0n) is 14.1. The molecular weight excluding hydrogens is 300 g/mol. The summed E-state index contributed by atoms with van der Waals surface area (Å²) in [7, 11) is 1.65. The van der Waals surface area contributed by atoms with Gasteiger partial charge >= 0.3 is 0 Å². The molecule has 2 aromatic carbocycles. The van der Waals surface area contributed by atoms with Gasteiger partial charge in [-0.05, 0) is 37.1 Å². The predicted molar refractivity (Wildman–Crippen MR) is 95.8 cm³/mol. The van der Waals surface area contributed by atoms with Crippen molar-refractivity contribution in [1.82, 2.24) is 9.78 Å². The minimum absolute atomic E-state index is 0.269. The first-order valence-electron chi connectivity index (χ1n) is 8.25. The zero-order valence-corrected chi connectivity index (χ0v) is 14.1. The SMILES string of the molecule is CCCCc1nn(-c2ccc(OC)cc2)c(-c2ccccc2)c1O. The van der Waals surface area contributed by atoms with E-state index in [-0.39, 0.29) is 5.75 Å². The van der Waals surface area contributed by atoms with E-state index in [0.717, 1.165) is 47.7 Å². The summed E-state index contributed by atoms with van der Waals surface area (Å²) in [4.78, 5) is 0. The summed E-state index contributed by atoms with van der Waals surface area (Å²) >= 11 is 0. The monoisotopic (exact) mass is 322 g/mol. The number of aryl methyl sites for hydroxylation is 1. The van der Waals surface area contributed by atoms with Crippen molar-refractivity contribution in [2.75, 3.05) is 7.11 Å². The Morgan fingerprint density at radius 3 is 2.38 bits per heavy atom. The predicted octanol–water partition coefficient (Wildman–Crippen LogP) is 4.60. The highest BCUT2D eigenvalue weighted by Gasteiger charge is 2.19. The third-order valence-corrected chi connectivity index (χ3v) is 4.06. The zero-order chi connectivity index (χ0) is 16.9. The smallest absolute Gasteiger partial charge is 0.165 e. The summed E-state index contributed by atoms with van der Waals surface area (Å²) in [6.07, 6.45) is 2.84. The lowest BCUT2D eigenvalue weighted by molar-refractivity contribution is 0.414. The van der Waals surface area contributed by atoms with Crippen molar-refractivity contribution in [3.63, 3.8) is 0 Å². The summed E-state index contributed by atoms with van der Waals surface area (Å²) < 4.78 is 7.04. The number of hydrogen-bond acceptors (Lipinski definition) is 3. The number of aromatic nitrogens is 2. The number of hydrogen-bond donors (Lipinski definition) is 1. The van der Waals surface area contributed by atoms with Crippen molar-refractivity contribution < 1.29 is 9.84 Å². The largest absolute Gasteiger partial charge is 0.504 e. The van der Waals surface area contributed by atoms with E-state index in [1.165, 1.54) is 0 Å². The van der Waals surface area contributed by atoms with Crippen molar-refractivity contribution in [2.45, 2.75) is 26.2 Å². The second kappa shape index (κ2) is 7.21. The minimum Gasteiger partial charge on any atom is -0.504 e. The Bertz CT molecular complexity index is 793. The van der Waals surface area contributed by atoms with Crippen LogP contribution in [0.25, 0.3) is 16.9 Å². The van der Waals surface area contributed by atoms with E-state index in [1.807, 2.05) is 59.3 Å². The van der Waals surface area contributed by atoms with Gasteiger partial charge in [-0.3, -0.25) is 0 Å². The van der Waals surface area contributed by atoms with Crippen molar-refractivity contribution in [3.8, 4) is 28.4 Å². The lowest BCUT2D eigenvalue weighted by atomic mass is 10.1. The molecule has 0 aliphatic carbocycles. The van der Waals surface area contributed by atoms with E-state index in [0.29, 0.717) is 0 Å². The highest BCUT2D eigenvalue weighted by Crippen LogP contribution is 2.35. The van der Waals surface area contributed by atoms with Crippen molar-refractivity contribution in [2.24, 2.45) is 0 Å². The highest BCUT2D eigenvalue weighted by atomic mass is 16.5. The van der Waals surface area contributed by atoms with Crippen molar-refractivity contribution in [1.29, 1.82) is 0 Å². The summed E-state index contributed by atoms with van der Waals surface area (Å²) in [5, 5.41) is 15.4. The molecule has 124 valence electrons. The topological polar surface area (TPSA) is 47.3 Å². The van der Waals surface area contributed by atoms with E-state index >= 15 is 0 Å². The van der Waals surface area contributed by atoms with Gasteiger partial charge in [0.05, 0.1) is 12.8 Å². The maximum atomic E-state index is 10.7. The third kappa shape index (κ3) is 3.13. The van der Waals surface area contributed by atoms with Crippen LogP contribution in [-0.2, 0) is 6.42 Å². The molecule has 0 aliphatic heterocycles. The number of unbranched alkanes of at least 4 members (excludes halogenated alkanes) is 1. The molecule has 4 nitrogen and oxygen atoms in total. The quantitative estimate of drug-likeness (QED) is 0.721. The summed E-state index contributed by atoms with van der Waals surface area (Å²) in [6, 6.07) is 17.6. The van der Waals surface area contributed by atoms with E-state index in [4.69, 9.17) is 4.74 Å². The molecule has 0 unspecified atom stereocenters. The average molecular weight is 322 g/mol. The molecule has 0 radical (unpaired) electrons. The molecule has 0 saturated heterocycles. The molecule has 0 spiro atoms. The van der Waals surface area contributed by atoms with Gasteiger partial charge in [-0.1, -0.05) is 43.7 Å². The second-order valence-electron chi connectivity index (χ2n) is 5.72. The van der Waals surface area contributed by atoms with Gasteiger partial charge in [0, 0.05) is 5.56 Å². The fraction of sp³-hybridized carbons (Fsp3) is 0.250. The van der Waals surface area contributed by atoms with Gasteiger partial charge < -0.3 is 9.84 Å². The molecule has 1 heterocycles. The fourth-order valence-corrected chi connectivity index (χ4v) is 2.73. The molecule has 1 N–H and O–H groups in total. The molecule has 4 heteroatoms. The molecule has 0 amide bonds. The summed E-state index contributed by atoms with van der Waals surface area (Å²) in [5.74, 6) is 1.06. The number of rotatable bonds is 6. The first-order valence-corrected chi connectivity index (χ1v) is 8.25. The van der Waals surface area contributed by atoms with Crippen molar-refractivity contribution in [3.05, 3.63) is 60.3 Å². The number of ether oxygens (including phenoxy) is 1. The Kier molecular flexibility index (Phi) is 4.85. The summed E-state index contributed by atoms with van der Waals surface area (Å²) in [6.45, 7) is 2.13. The van der Waals surface area contributed by atoms with Crippen LogP contribution in [0, 0.1) is 0 Å². The molecule has 0 bridgehead atoms. The molecule has 0 atom stereocenters. The summed E-state index contributed by atoms with van der Waals surface area (Å²) in [5.41, 5.74) is 3.31. The van der Waals surface area contributed by atoms with Crippen LogP contribution in [0.1, 0.15) is 25.5 Å². The van der Waals surface area contributed by atoms with E-state index < -0.39 is 0 Å². The first-order chi connectivity index (χ1) is 11.7. The number of benzene rings is 2. The Balaban J connectivity index is 2.12. The molecule has 0 saturated carbocycles. The number of methoxy groups -OCH3 is 1. The van der Waals surface area contributed by atoms with Gasteiger partial charge in [-0.15, -0.1) is 0 Å². The third-order valence-electron chi connectivity index (χ3n) is 4.06. The molecule has 24 heavy (non-hydrogen) atoms. The van der Waals surface area contributed by atoms with Crippen LogP contribution in [0.2, 0.25) is 0 Å². The van der Waals surface area contributed by atoms with Crippen LogP contribution < -0.4 is 4.74 Å². The van der Waals surface area contributed by atoms with Crippen LogP contribution >= 0.6 is 0 Å². The van der Waals surface area contributed by atoms with Gasteiger partial charge in [0.15, 0.2) is 5.75 Å². The molecule has 0 aliphatic rings. The van der Waals surface area contributed by atoms with Crippen LogP contribution in [0.4, 0.5) is 0 Å². The Labute approximate surface area is 142 Å². The van der Waals surface area contributed by atoms with Gasteiger partial charge in [0.1, 0.15) is 17.1 Å². The van der Waals surface area contributed by atoms with E-state index in [9.17, 15) is 5.11 Å². The Morgan fingerprint density at radius 2 is 1.75 bits per heavy atom. The van der Waals surface area contributed by atoms with Crippen LogP contribution in [0.3, 0.4) is 0 Å². The molecular formula is C20H22N2O2. The maximum Gasteiger partial charge on any atom is 0.165 e. The fourth-order valence-electron chi connectivity index (χ4n) is 2.73. The van der Waals surface area contributed by atoms with Crippen LogP contribution in [0.15, 0.2) is 54.6 Å². The molecule has 0 fully saturated rings. The van der Waals surface area contributed by atoms with Crippen LogP contribution in [-0.4, -0.2) is 22.0 Å². The Hall–Kier alpha value is -2.75. The maximum absolute atomic E-state index is 10.7. The van der Waals surface area contributed by atoms with Gasteiger partial charge in [-0.25, -0.2) is 4.68 Å². The second-order valence-corrected chi connectivity index (χ2v) is 5.72. The molecule has 3 aromatic rings. The minimum atomic E-state index is 0.269.